The first-order chi connectivity index (χ1) is 21.6. The summed E-state index contributed by atoms with van der Waals surface area (Å²) in [6.45, 7) is 13.2. The van der Waals surface area contributed by atoms with Gasteiger partial charge in [0.05, 0.1) is 11.4 Å². The molecule has 248 valence electrons. The van der Waals surface area contributed by atoms with Crippen molar-refractivity contribution < 1.29 is 27.2 Å². The van der Waals surface area contributed by atoms with Crippen LogP contribution >= 0.6 is 11.3 Å². The van der Waals surface area contributed by atoms with E-state index in [2.05, 4.69) is 50.5 Å². The normalized spacial score (nSPS) is 24.0. The Labute approximate surface area is 272 Å². The molecular weight excluding hydrogens is 614 g/mol. The number of pyridine rings is 1. The van der Waals surface area contributed by atoms with Gasteiger partial charge in [-0.2, -0.15) is 0 Å². The number of thiazole rings is 1. The number of oxime groups is 1. The highest BCUT2D eigenvalue weighted by Crippen LogP contribution is 2.59. The molecule has 46 heavy (non-hydrogen) atoms. The number of aryl methyl sites for hydroxylation is 1. The number of aromatic nitrogens is 2. The van der Waals surface area contributed by atoms with E-state index in [4.69, 9.17) is 9.82 Å². The molecule has 0 bridgehead atoms. The van der Waals surface area contributed by atoms with E-state index in [1.165, 1.54) is 0 Å². The third-order valence-corrected chi connectivity index (χ3v) is 10.8. The van der Waals surface area contributed by atoms with Crippen LogP contribution in [-0.2, 0) is 22.5 Å². The number of carbonyl (C=O) groups is 1. The Bertz CT molecular complexity index is 1620. The maximum atomic E-state index is 13.5. The van der Waals surface area contributed by atoms with Crippen LogP contribution in [0.5, 0.6) is 0 Å². The van der Waals surface area contributed by atoms with Crippen molar-refractivity contribution in [1.82, 2.24) is 9.97 Å². The number of hydrogen-bond acceptors (Lipinski definition) is 6. The minimum absolute atomic E-state index is 0.135. The van der Waals surface area contributed by atoms with Gasteiger partial charge in [-0.15, -0.1) is 17.1 Å². The molecule has 2 unspecified atom stereocenters. The van der Waals surface area contributed by atoms with Crippen molar-refractivity contribution in [2.75, 3.05) is 0 Å². The van der Waals surface area contributed by atoms with Crippen LogP contribution in [0.1, 0.15) is 124 Å². The molecule has 3 aliphatic rings. The second kappa shape index (κ2) is 13.2. The number of nitrogens with zero attached hydrogens (tertiary/aromatic N) is 3. The summed E-state index contributed by atoms with van der Waals surface area (Å²) in [5.41, 5.74) is 5.94. The van der Waals surface area contributed by atoms with Crippen LogP contribution in [-0.4, -0.2) is 33.5 Å². The molecule has 0 N–H and O–H groups in total. The summed E-state index contributed by atoms with van der Waals surface area (Å²) in [5.74, 6) is -0.0181. The summed E-state index contributed by atoms with van der Waals surface area (Å²) in [5, 5.41) is 5.67. The zero-order valence-electron chi connectivity index (χ0n) is 27.5. The number of allylic oxidation sites excluding steroid dienone is 2. The summed E-state index contributed by atoms with van der Waals surface area (Å²) >= 11 is 1.67. The van der Waals surface area contributed by atoms with Gasteiger partial charge < -0.3 is 4.84 Å². The lowest BCUT2D eigenvalue weighted by molar-refractivity contribution is -0.115. The lowest BCUT2D eigenvalue weighted by atomic mass is 9.54. The van der Waals surface area contributed by atoms with E-state index in [9.17, 15) is 22.4 Å². The predicted octanol–water partition coefficient (Wildman–Crippen LogP) is 9.80. The maximum absolute atomic E-state index is 13.5. The van der Waals surface area contributed by atoms with E-state index < -0.39 is 30.4 Å². The molecule has 2 atom stereocenters. The molecule has 1 aliphatic heterocycles. The smallest absolute Gasteiger partial charge is 0.264 e. The number of ketones is 1. The van der Waals surface area contributed by atoms with Crippen LogP contribution in [0.25, 0.3) is 0 Å². The summed E-state index contributed by atoms with van der Waals surface area (Å²) in [7, 11) is 0. The van der Waals surface area contributed by atoms with Crippen molar-refractivity contribution in [2.45, 2.75) is 124 Å². The standard InChI is InChI=1S/C36H43F4N3O2S/c1-7-9-25-17-34(3,4)20-35(5,6)36(25)18-28(43-45-36)31-21(2)46-33(42-31)23-11-8-10-22(12-13-23)29(44)16-26-15-27(32(39)40)24(19-41-26)14-30(37)38/h7,10,15,19,23,30,32H,8,11-14,16-18,20H2,1-6H3. The second-order valence-corrected chi connectivity index (χ2v) is 15.6. The summed E-state index contributed by atoms with van der Waals surface area (Å²) in [6, 6.07) is 1.09. The zero-order chi connectivity index (χ0) is 33.4. The SMILES string of the molecule is CC=C=C1CC(C)(C)CC(C)(C)C12CC(c1nc(C3CCC=C(C(=O)Cc4cc(C(F)F)c(CC(F)F)cn4)CC3)sc1C)=NO2. The first kappa shape index (κ1) is 34.2. The molecule has 5 nitrogen and oxygen atoms in total. The molecule has 0 saturated heterocycles. The summed E-state index contributed by atoms with van der Waals surface area (Å²) < 4.78 is 52.7. The molecule has 0 aromatic carbocycles. The summed E-state index contributed by atoms with van der Waals surface area (Å²) in [6.07, 6.45) is 3.67. The van der Waals surface area contributed by atoms with Gasteiger partial charge in [0.15, 0.2) is 11.4 Å². The second-order valence-electron chi connectivity index (χ2n) is 14.3. The van der Waals surface area contributed by atoms with Gasteiger partial charge >= 0.3 is 0 Å². The van der Waals surface area contributed by atoms with Crippen molar-refractivity contribution in [3.8, 4) is 0 Å². The van der Waals surface area contributed by atoms with E-state index in [-0.39, 0.29) is 40.2 Å². The first-order valence-electron chi connectivity index (χ1n) is 16.0. The molecule has 1 spiro atoms. The maximum Gasteiger partial charge on any atom is 0.264 e. The van der Waals surface area contributed by atoms with Gasteiger partial charge in [-0.1, -0.05) is 38.9 Å². The molecule has 10 heteroatoms. The molecule has 0 amide bonds. The van der Waals surface area contributed by atoms with E-state index in [1.54, 1.807) is 11.3 Å². The van der Waals surface area contributed by atoms with Crippen LogP contribution in [0.4, 0.5) is 17.6 Å². The Balaban J connectivity index is 1.27. The average molecular weight is 658 g/mol. The van der Waals surface area contributed by atoms with Crippen LogP contribution in [0.15, 0.2) is 46.4 Å². The fourth-order valence-electron chi connectivity index (χ4n) is 7.71. The Morgan fingerprint density at radius 3 is 2.63 bits per heavy atom. The van der Waals surface area contributed by atoms with Crippen LogP contribution in [0.2, 0.25) is 0 Å². The van der Waals surface area contributed by atoms with Gasteiger partial charge in [-0.25, -0.2) is 22.5 Å². The highest BCUT2D eigenvalue weighted by atomic mass is 32.1. The minimum Gasteiger partial charge on any atom is -0.383 e. The van der Waals surface area contributed by atoms with Crippen LogP contribution in [0, 0.1) is 17.8 Å². The van der Waals surface area contributed by atoms with Crippen LogP contribution in [0.3, 0.4) is 0 Å². The third kappa shape index (κ3) is 6.93. The molecule has 1 fully saturated rings. The van der Waals surface area contributed by atoms with E-state index >= 15 is 0 Å². The fraction of sp³-hybridized carbons (Fsp3) is 0.583. The van der Waals surface area contributed by atoms with Gasteiger partial charge in [-0.3, -0.25) is 9.78 Å². The first-order valence-corrected chi connectivity index (χ1v) is 16.9. The molecule has 2 aromatic rings. The van der Waals surface area contributed by atoms with Crippen molar-refractivity contribution >= 4 is 22.8 Å². The average Bonchev–Trinajstić information content (AvgIpc) is 3.48. The quantitative estimate of drug-likeness (QED) is 0.209. The van der Waals surface area contributed by atoms with E-state index in [0.717, 1.165) is 64.8 Å². The summed E-state index contributed by atoms with van der Waals surface area (Å²) in [4.78, 5) is 29.8. The molecular formula is C36H43F4N3O2S. The van der Waals surface area contributed by atoms with Gasteiger partial charge in [0.25, 0.3) is 6.43 Å². The predicted molar refractivity (Wildman–Crippen MR) is 173 cm³/mol. The lowest BCUT2D eigenvalue weighted by Crippen LogP contribution is -2.53. The number of hydrogen-bond donors (Lipinski definition) is 0. The van der Waals surface area contributed by atoms with E-state index in [0.29, 0.717) is 24.8 Å². The number of rotatable bonds is 8. The highest BCUT2D eigenvalue weighted by Gasteiger charge is 2.59. The molecule has 1 saturated carbocycles. The number of carbonyl (C=O) groups excluding carboxylic acids is 1. The number of halogens is 4. The number of alkyl halides is 4. The van der Waals surface area contributed by atoms with Gasteiger partial charge in [0.2, 0.25) is 6.43 Å². The third-order valence-electron chi connectivity index (χ3n) is 9.70. The van der Waals surface area contributed by atoms with Gasteiger partial charge in [0.1, 0.15) is 11.4 Å². The fourth-order valence-corrected chi connectivity index (χ4v) is 8.83. The minimum atomic E-state index is -2.92. The van der Waals surface area contributed by atoms with E-state index in [1.807, 2.05) is 19.1 Å². The van der Waals surface area contributed by atoms with Gasteiger partial charge in [-0.05, 0) is 81.1 Å². The number of Topliss-reactive ketones (excluding diaryl/α,β-unsaturated/α-hetero) is 1. The topological polar surface area (TPSA) is 64.4 Å². The molecule has 2 aromatic heterocycles. The Morgan fingerprint density at radius 2 is 1.93 bits per heavy atom. The zero-order valence-corrected chi connectivity index (χ0v) is 28.3. The molecule has 0 radical (unpaired) electrons. The molecule has 5 rings (SSSR count). The van der Waals surface area contributed by atoms with Crippen molar-refractivity contribution in [2.24, 2.45) is 16.0 Å². The largest absolute Gasteiger partial charge is 0.383 e. The molecule has 2 aliphatic carbocycles. The Kier molecular flexibility index (Phi) is 9.82. The monoisotopic (exact) mass is 657 g/mol. The van der Waals surface area contributed by atoms with Crippen molar-refractivity contribution in [1.29, 1.82) is 0 Å². The Hall–Kier alpha value is -3.10. The lowest BCUT2D eigenvalue weighted by Gasteiger charge is -2.52. The Morgan fingerprint density at radius 1 is 1.17 bits per heavy atom. The van der Waals surface area contributed by atoms with Crippen LogP contribution < -0.4 is 0 Å². The van der Waals surface area contributed by atoms with Gasteiger partial charge in [0, 0.05) is 52.1 Å². The van der Waals surface area contributed by atoms with Crippen molar-refractivity contribution in [3.05, 3.63) is 73.7 Å². The molecule has 3 heterocycles. The highest BCUT2D eigenvalue weighted by molar-refractivity contribution is 7.12. The van der Waals surface area contributed by atoms with Crippen molar-refractivity contribution in [3.63, 3.8) is 0 Å².